The Labute approximate surface area is 146 Å². The van der Waals surface area contributed by atoms with Crippen molar-refractivity contribution in [2.24, 2.45) is 0 Å². The molecule has 0 atom stereocenters. The van der Waals surface area contributed by atoms with E-state index in [9.17, 15) is 4.79 Å². The molecule has 0 spiro atoms. The van der Waals surface area contributed by atoms with Gasteiger partial charge in [-0.25, -0.2) is 9.67 Å². The van der Waals surface area contributed by atoms with E-state index >= 15 is 0 Å². The van der Waals surface area contributed by atoms with E-state index in [1.165, 1.54) is 4.68 Å². The number of halogens is 2. The zero-order valence-corrected chi connectivity index (χ0v) is 14.5. The molecule has 116 valence electrons. The number of hydrogen-bond acceptors (Lipinski definition) is 3. The Morgan fingerprint density at radius 3 is 2.78 bits per heavy atom. The van der Waals surface area contributed by atoms with Crippen LogP contribution in [0.2, 0.25) is 5.02 Å². The molecule has 0 unspecified atom stereocenters. The summed E-state index contributed by atoms with van der Waals surface area (Å²) in [6.45, 7) is 1.93. The van der Waals surface area contributed by atoms with Crippen LogP contribution in [0.3, 0.4) is 0 Å². The Kier molecular flexibility index (Phi) is 4.45. The molecule has 0 radical (unpaired) electrons. The molecule has 0 fully saturated rings. The first-order valence-electron chi connectivity index (χ1n) is 6.79. The zero-order valence-electron chi connectivity index (χ0n) is 12.1. The highest BCUT2D eigenvalue weighted by Crippen LogP contribution is 2.22. The second-order valence-electron chi connectivity index (χ2n) is 4.84. The van der Waals surface area contributed by atoms with Crippen LogP contribution in [-0.4, -0.2) is 20.7 Å². The Morgan fingerprint density at radius 2 is 2.04 bits per heavy atom. The largest absolute Gasteiger partial charge is 0.320 e. The Bertz CT molecular complexity index is 878. The molecular formula is C16H12BrClN4O. The molecule has 0 saturated heterocycles. The van der Waals surface area contributed by atoms with E-state index in [0.29, 0.717) is 21.1 Å². The van der Waals surface area contributed by atoms with Crippen molar-refractivity contribution in [2.75, 3.05) is 5.32 Å². The van der Waals surface area contributed by atoms with Crippen LogP contribution in [0.5, 0.6) is 0 Å². The third-order valence-electron chi connectivity index (χ3n) is 3.25. The van der Waals surface area contributed by atoms with Gasteiger partial charge in [-0.2, -0.15) is 5.10 Å². The minimum absolute atomic E-state index is 0.292. The van der Waals surface area contributed by atoms with E-state index in [1.54, 1.807) is 24.4 Å². The van der Waals surface area contributed by atoms with Gasteiger partial charge in [0.1, 0.15) is 10.3 Å². The molecule has 0 aliphatic carbocycles. The number of pyridine rings is 1. The van der Waals surface area contributed by atoms with Crippen LogP contribution in [-0.2, 0) is 0 Å². The van der Waals surface area contributed by atoms with E-state index in [1.807, 2.05) is 31.2 Å². The summed E-state index contributed by atoms with van der Waals surface area (Å²) in [5, 5.41) is 7.54. The summed E-state index contributed by atoms with van der Waals surface area (Å²) in [6.07, 6.45) is 1.60. The summed E-state index contributed by atoms with van der Waals surface area (Å²) in [6, 6.07) is 12.6. The molecule has 0 saturated carbocycles. The Hall–Kier alpha value is -2.18. The first-order chi connectivity index (χ1) is 11.1. The molecule has 0 bridgehead atoms. The second kappa shape index (κ2) is 6.52. The fourth-order valence-corrected chi connectivity index (χ4v) is 2.69. The maximum Gasteiger partial charge on any atom is 0.274 e. The number of carbonyl (C=O) groups excluding carboxylic acids is 1. The van der Waals surface area contributed by atoms with Crippen molar-refractivity contribution in [1.29, 1.82) is 0 Å². The standard InChI is InChI=1S/C16H12BrClN4O/c1-10-5-2-3-7-12(10)20-16(23)13-9-14(17)21-22(13)15-11(18)6-4-8-19-15/h2-9H,1H3,(H,20,23). The van der Waals surface area contributed by atoms with Gasteiger partial charge in [0.15, 0.2) is 5.82 Å². The monoisotopic (exact) mass is 390 g/mol. The molecule has 3 rings (SSSR count). The highest BCUT2D eigenvalue weighted by atomic mass is 79.9. The summed E-state index contributed by atoms with van der Waals surface area (Å²) in [4.78, 5) is 16.8. The lowest BCUT2D eigenvalue weighted by molar-refractivity contribution is 0.101. The minimum Gasteiger partial charge on any atom is -0.320 e. The number of carbonyl (C=O) groups is 1. The van der Waals surface area contributed by atoms with Crippen LogP contribution < -0.4 is 5.32 Å². The molecule has 5 nitrogen and oxygen atoms in total. The van der Waals surface area contributed by atoms with E-state index in [-0.39, 0.29) is 5.91 Å². The lowest BCUT2D eigenvalue weighted by atomic mass is 10.2. The van der Waals surface area contributed by atoms with Crippen LogP contribution in [0.25, 0.3) is 5.82 Å². The van der Waals surface area contributed by atoms with Crippen molar-refractivity contribution in [3.63, 3.8) is 0 Å². The first kappa shape index (κ1) is 15.7. The van der Waals surface area contributed by atoms with Gasteiger partial charge >= 0.3 is 0 Å². The molecule has 3 aromatic rings. The van der Waals surface area contributed by atoms with Gasteiger partial charge in [0.05, 0.1) is 5.02 Å². The van der Waals surface area contributed by atoms with Gasteiger partial charge in [-0.15, -0.1) is 0 Å². The summed E-state index contributed by atoms with van der Waals surface area (Å²) < 4.78 is 1.94. The number of amides is 1. The first-order valence-corrected chi connectivity index (χ1v) is 7.97. The Morgan fingerprint density at radius 1 is 1.26 bits per heavy atom. The number of hydrogen-bond donors (Lipinski definition) is 1. The summed E-state index contributed by atoms with van der Waals surface area (Å²) >= 11 is 9.45. The fraction of sp³-hybridized carbons (Fsp3) is 0.0625. The lowest BCUT2D eigenvalue weighted by Gasteiger charge is -2.10. The van der Waals surface area contributed by atoms with Gasteiger partial charge in [-0.1, -0.05) is 29.8 Å². The molecule has 7 heteroatoms. The van der Waals surface area contributed by atoms with Gasteiger partial charge in [0.2, 0.25) is 0 Å². The van der Waals surface area contributed by atoms with Crippen LogP contribution >= 0.6 is 27.5 Å². The molecule has 0 aliphatic heterocycles. The quantitative estimate of drug-likeness (QED) is 0.726. The number of rotatable bonds is 3. The third kappa shape index (κ3) is 3.28. The summed E-state index contributed by atoms with van der Waals surface area (Å²) in [7, 11) is 0. The summed E-state index contributed by atoms with van der Waals surface area (Å²) in [5.74, 6) is 0.106. The van der Waals surface area contributed by atoms with Crippen molar-refractivity contribution >= 4 is 39.1 Å². The molecule has 0 aliphatic rings. The molecule has 1 amide bonds. The topological polar surface area (TPSA) is 59.8 Å². The molecule has 1 aromatic carbocycles. The second-order valence-corrected chi connectivity index (χ2v) is 6.06. The average molecular weight is 392 g/mol. The van der Waals surface area contributed by atoms with Gasteiger partial charge < -0.3 is 5.32 Å². The SMILES string of the molecule is Cc1ccccc1NC(=O)c1cc(Br)nn1-c1ncccc1Cl. The number of aromatic nitrogens is 3. The predicted octanol–water partition coefficient (Wildman–Crippen LogP) is 4.24. The fourth-order valence-electron chi connectivity index (χ4n) is 2.11. The van der Waals surface area contributed by atoms with Gasteiger partial charge in [-0.3, -0.25) is 4.79 Å². The number of benzene rings is 1. The third-order valence-corrected chi connectivity index (χ3v) is 3.93. The smallest absolute Gasteiger partial charge is 0.274 e. The van der Waals surface area contributed by atoms with Gasteiger partial charge in [-0.05, 0) is 46.6 Å². The number of nitrogens with one attached hydrogen (secondary N) is 1. The van der Waals surface area contributed by atoms with Crippen LogP contribution in [0, 0.1) is 6.92 Å². The molecular weight excluding hydrogens is 380 g/mol. The highest BCUT2D eigenvalue weighted by Gasteiger charge is 2.18. The average Bonchev–Trinajstić information content (AvgIpc) is 2.92. The lowest BCUT2D eigenvalue weighted by Crippen LogP contribution is -2.18. The Balaban J connectivity index is 1.99. The van der Waals surface area contributed by atoms with Gasteiger partial charge in [0.25, 0.3) is 5.91 Å². The number of para-hydroxylation sites is 1. The van der Waals surface area contributed by atoms with Crippen LogP contribution in [0.1, 0.15) is 16.1 Å². The number of nitrogens with zero attached hydrogens (tertiary/aromatic N) is 3. The van der Waals surface area contributed by atoms with Crippen molar-refractivity contribution in [2.45, 2.75) is 6.92 Å². The number of aryl methyl sites for hydroxylation is 1. The molecule has 2 heterocycles. The number of anilines is 1. The normalized spacial score (nSPS) is 10.6. The maximum absolute atomic E-state index is 12.6. The van der Waals surface area contributed by atoms with E-state index in [2.05, 4.69) is 31.3 Å². The van der Waals surface area contributed by atoms with Crippen LogP contribution in [0.15, 0.2) is 53.3 Å². The van der Waals surface area contributed by atoms with Crippen molar-refractivity contribution in [3.05, 3.63) is 69.5 Å². The van der Waals surface area contributed by atoms with Crippen LogP contribution in [0.4, 0.5) is 5.69 Å². The van der Waals surface area contributed by atoms with E-state index < -0.39 is 0 Å². The predicted molar refractivity (Wildman–Crippen MR) is 93.2 cm³/mol. The minimum atomic E-state index is -0.292. The molecule has 23 heavy (non-hydrogen) atoms. The summed E-state index contributed by atoms with van der Waals surface area (Å²) in [5.41, 5.74) is 2.05. The van der Waals surface area contributed by atoms with E-state index in [4.69, 9.17) is 11.6 Å². The molecule has 1 N–H and O–H groups in total. The van der Waals surface area contributed by atoms with E-state index in [0.717, 1.165) is 11.3 Å². The zero-order chi connectivity index (χ0) is 16.4. The highest BCUT2D eigenvalue weighted by molar-refractivity contribution is 9.10. The van der Waals surface area contributed by atoms with Crippen molar-refractivity contribution in [3.8, 4) is 5.82 Å². The van der Waals surface area contributed by atoms with Gasteiger partial charge in [0, 0.05) is 18.0 Å². The van der Waals surface area contributed by atoms with Crippen molar-refractivity contribution in [1.82, 2.24) is 14.8 Å². The maximum atomic E-state index is 12.6. The van der Waals surface area contributed by atoms with Crippen molar-refractivity contribution < 1.29 is 4.79 Å². The molecule has 2 aromatic heterocycles.